The number of carbonyl (C=O) groups excluding carboxylic acids is 1. The lowest BCUT2D eigenvalue weighted by Crippen LogP contribution is -2.23. The molecule has 1 aliphatic heterocycles. The van der Waals surface area contributed by atoms with Crippen LogP contribution >= 0.6 is 24.0 Å². The summed E-state index contributed by atoms with van der Waals surface area (Å²) < 4.78 is 5.19. The molecule has 1 fully saturated rings. The molecule has 6 heteroatoms. The van der Waals surface area contributed by atoms with Crippen LogP contribution in [0.25, 0.3) is 0 Å². The molecule has 1 aliphatic rings. The lowest BCUT2D eigenvalue weighted by atomic mass is 10.1. The highest BCUT2D eigenvalue weighted by Crippen LogP contribution is 2.27. The average molecular weight is 319 g/mol. The maximum absolute atomic E-state index is 11.9. The molecule has 2 rings (SSSR count). The molecule has 4 nitrogen and oxygen atoms in total. The van der Waals surface area contributed by atoms with Gasteiger partial charge in [-0.2, -0.15) is 0 Å². The first-order valence-electron chi connectivity index (χ1n) is 6.56. The zero-order valence-electron chi connectivity index (χ0n) is 11.4. The van der Waals surface area contributed by atoms with Gasteiger partial charge in [0.05, 0.1) is 12.8 Å². The number of hydrogen-bond acceptors (Lipinski definition) is 3. The first-order chi connectivity index (χ1) is 9.19. The molecule has 20 heavy (non-hydrogen) atoms. The molecule has 1 amide bonds. The number of methoxy groups -OCH3 is 1. The van der Waals surface area contributed by atoms with Gasteiger partial charge in [-0.05, 0) is 44.0 Å². The number of anilines is 1. The van der Waals surface area contributed by atoms with Gasteiger partial charge in [0, 0.05) is 17.5 Å². The molecule has 112 valence electrons. The van der Waals surface area contributed by atoms with E-state index in [0.29, 0.717) is 28.9 Å². The van der Waals surface area contributed by atoms with Crippen LogP contribution in [0.2, 0.25) is 5.02 Å². The van der Waals surface area contributed by atoms with E-state index < -0.39 is 0 Å². The molecule has 1 saturated heterocycles. The summed E-state index contributed by atoms with van der Waals surface area (Å²) in [4.78, 5) is 11.9. The number of hydrogen-bond donors (Lipinski definition) is 2. The second-order valence-electron chi connectivity index (χ2n) is 4.72. The Labute approximate surface area is 130 Å². The van der Waals surface area contributed by atoms with Crippen molar-refractivity contribution in [2.24, 2.45) is 0 Å². The fourth-order valence-corrected chi connectivity index (χ4v) is 2.47. The summed E-state index contributed by atoms with van der Waals surface area (Å²) in [5, 5.41) is 6.81. The van der Waals surface area contributed by atoms with Crippen molar-refractivity contribution in [3.05, 3.63) is 23.2 Å². The van der Waals surface area contributed by atoms with Gasteiger partial charge in [0.1, 0.15) is 5.75 Å². The molecule has 1 aromatic rings. The largest absolute Gasteiger partial charge is 0.495 e. The van der Waals surface area contributed by atoms with E-state index in [4.69, 9.17) is 16.3 Å². The van der Waals surface area contributed by atoms with Gasteiger partial charge in [-0.25, -0.2) is 0 Å². The minimum atomic E-state index is -0.00531. The third kappa shape index (κ3) is 4.85. The van der Waals surface area contributed by atoms with Gasteiger partial charge in [-0.1, -0.05) is 11.6 Å². The van der Waals surface area contributed by atoms with Crippen molar-refractivity contribution in [3.8, 4) is 5.75 Å². The molecular weight excluding hydrogens is 299 g/mol. The van der Waals surface area contributed by atoms with E-state index >= 15 is 0 Å². The van der Waals surface area contributed by atoms with Crippen LogP contribution in [-0.2, 0) is 4.79 Å². The smallest absolute Gasteiger partial charge is 0.224 e. The van der Waals surface area contributed by atoms with Crippen LogP contribution < -0.4 is 15.4 Å². The van der Waals surface area contributed by atoms with Gasteiger partial charge >= 0.3 is 0 Å². The first-order valence-corrected chi connectivity index (χ1v) is 6.93. The Kier molecular flexibility index (Phi) is 7.13. The molecule has 1 heterocycles. The van der Waals surface area contributed by atoms with E-state index in [2.05, 4.69) is 10.6 Å². The zero-order valence-corrected chi connectivity index (χ0v) is 13.0. The topological polar surface area (TPSA) is 50.4 Å². The average Bonchev–Trinajstić information content (AvgIpc) is 2.90. The van der Waals surface area contributed by atoms with Crippen LogP contribution in [0.5, 0.6) is 5.75 Å². The van der Waals surface area contributed by atoms with Crippen molar-refractivity contribution in [2.75, 3.05) is 19.0 Å². The van der Waals surface area contributed by atoms with Crippen LogP contribution in [0.1, 0.15) is 25.7 Å². The molecule has 1 atom stereocenters. The number of benzene rings is 1. The summed E-state index contributed by atoms with van der Waals surface area (Å²) in [7, 11) is 1.57. The molecular formula is C14H20Cl2N2O2. The maximum atomic E-state index is 11.9. The Balaban J connectivity index is 0.00000200. The lowest BCUT2D eigenvalue weighted by Gasteiger charge is -2.12. The minimum absolute atomic E-state index is 0. The SMILES string of the molecule is COc1ccc(Cl)cc1NC(=O)CCC1CCCN1.Cl. The molecule has 0 spiro atoms. The normalized spacial score (nSPS) is 17.4. The van der Waals surface area contributed by atoms with Crippen molar-refractivity contribution >= 4 is 35.6 Å². The molecule has 0 bridgehead atoms. The summed E-state index contributed by atoms with van der Waals surface area (Å²) in [5.41, 5.74) is 0.624. The van der Waals surface area contributed by atoms with Crippen molar-refractivity contribution in [2.45, 2.75) is 31.7 Å². The van der Waals surface area contributed by atoms with E-state index in [1.165, 1.54) is 6.42 Å². The maximum Gasteiger partial charge on any atom is 0.224 e. The first kappa shape index (κ1) is 17.1. The number of nitrogens with one attached hydrogen (secondary N) is 2. The fourth-order valence-electron chi connectivity index (χ4n) is 2.30. The van der Waals surface area contributed by atoms with Crippen molar-refractivity contribution in [3.63, 3.8) is 0 Å². The second kappa shape index (κ2) is 8.35. The van der Waals surface area contributed by atoms with Crippen LogP contribution in [0, 0.1) is 0 Å². The number of carbonyl (C=O) groups is 1. The zero-order chi connectivity index (χ0) is 13.7. The Bertz CT molecular complexity index is 449. The molecule has 0 saturated carbocycles. The van der Waals surface area contributed by atoms with Gasteiger partial charge in [-0.3, -0.25) is 4.79 Å². The van der Waals surface area contributed by atoms with Gasteiger partial charge in [0.25, 0.3) is 0 Å². The van der Waals surface area contributed by atoms with Crippen LogP contribution in [0.3, 0.4) is 0 Å². The molecule has 0 aromatic heterocycles. The van der Waals surface area contributed by atoms with E-state index in [1.54, 1.807) is 25.3 Å². The summed E-state index contributed by atoms with van der Waals surface area (Å²) in [6.07, 6.45) is 3.74. The highest BCUT2D eigenvalue weighted by atomic mass is 35.5. The minimum Gasteiger partial charge on any atom is -0.495 e. The third-order valence-electron chi connectivity index (χ3n) is 3.32. The second-order valence-corrected chi connectivity index (χ2v) is 5.16. The van der Waals surface area contributed by atoms with Crippen LogP contribution in [0.4, 0.5) is 5.69 Å². The van der Waals surface area contributed by atoms with E-state index in [0.717, 1.165) is 19.4 Å². The standard InChI is InChI=1S/C14H19ClN2O2.ClH/c1-19-13-6-4-10(15)9-12(13)17-14(18)7-5-11-3-2-8-16-11;/h4,6,9,11,16H,2-3,5,7-8H2,1H3,(H,17,18);1H. The number of ether oxygens (including phenoxy) is 1. The van der Waals surface area contributed by atoms with Crippen LogP contribution in [-0.4, -0.2) is 25.6 Å². The Morgan fingerprint density at radius 1 is 1.55 bits per heavy atom. The number of rotatable bonds is 5. The highest BCUT2D eigenvalue weighted by molar-refractivity contribution is 6.31. The predicted molar refractivity (Wildman–Crippen MR) is 84.1 cm³/mol. The number of halogens is 2. The summed E-state index contributed by atoms with van der Waals surface area (Å²) in [5.74, 6) is 0.617. The van der Waals surface area contributed by atoms with Crippen molar-refractivity contribution in [1.29, 1.82) is 0 Å². The lowest BCUT2D eigenvalue weighted by molar-refractivity contribution is -0.116. The molecule has 1 aromatic carbocycles. The molecule has 2 N–H and O–H groups in total. The monoisotopic (exact) mass is 318 g/mol. The van der Waals surface area contributed by atoms with Gasteiger partial charge in [0.15, 0.2) is 0 Å². The van der Waals surface area contributed by atoms with Gasteiger partial charge in [0.2, 0.25) is 5.91 Å². The van der Waals surface area contributed by atoms with Crippen molar-refractivity contribution in [1.82, 2.24) is 5.32 Å². The molecule has 1 unspecified atom stereocenters. The number of amides is 1. The third-order valence-corrected chi connectivity index (χ3v) is 3.55. The fraction of sp³-hybridized carbons (Fsp3) is 0.500. The molecule has 0 aliphatic carbocycles. The van der Waals surface area contributed by atoms with Gasteiger partial charge in [-0.15, -0.1) is 12.4 Å². The van der Waals surface area contributed by atoms with Crippen LogP contribution in [0.15, 0.2) is 18.2 Å². The predicted octanol–water partition coefficient (Wildman–Crippen LogP) is 3.24. The summed E-state index contributed by atoms with van der Waals surface area (Å²) >= 11 is 5.92. The highest BCUT2D eigenvalue weighted by Gasteiger charge is 2.16. The van der Waals surface area contributed by atoms with E-state index in [9.17, 15) is 4.79 Å². The Morgan fingerprint density at radius 2 is 2.35 bits per heavy atom. The summed E-state index contributed by atoms with van der Waals surface area (Å²) in [6.45, 7) is 1.06. The Morgan fingerprint density at radius 3 is 3.00 bits per heavy atom. The van der Waals surface area contributed by atoms with E-state index in [1.807, 2.05) is 0 Å². The summed E-state index contributed by atoms with van der Waals surface area (Å²) in [6, 6.07) is 5.66. The van der Waals surface area contributed by atoms with E-state index in [-0.39, 0.29) is 18.3 Å². The molecule has 0 radical (unpaired) electrons. The van der Waals surface area contributed by atoms with Crippen molar-refractivity contribution < 1.29 is 9.53 Å². The quantitative estimate of drug-likeness (QED) is 0.876. The van der Waals surface area contributed by atoms with Gasteiger partial charge < -0.3 is 15.4 Å². The Hall–Kier alpha value is -0.970.